The van der Waals surface area contributed by atoms with Crippen LogP contribution in [0, 0.1) is 5.41 Å². The van der Waals surface area contributed by atoms with E-state index >= 15 is 0 Å². The number of rotatable bonds is 8. The summed E-state index contributed by atoms with van der Waals surface area (Å²) in [6.45, 7) is 3.78. The molecule has 2 fully saturated rings. The van der Waals surface area contributed by atoms with Gasteiger partial charge in [0.2, 0.25) is 5.95 Å². The molecule has 3 aromatic rings. The Kier molecular flexibility index (Phi) is 8.78. The third kappa shape index (κ3) is 7.14. The van der Waals surface area contributed by atoms with Crippen LogP contribution in [0.1, 0.15) is 25.7 Å². The fraction of sp³-hybridized carbons (Fsp3) is 0.433. The van der Waals surface area contributed by atoms with Crippen LogP contribution in [0.25, 0.3) is 0 Å². The molecule has 2 saturated heterocycles. The Morgan fingerprint density at radius 3 is 2.37 bits per heavy atom. The molecule has 0 bridgehead atoms. The quantitative estimate of drug-likeness (QED) is 0.273. The third-order valence-corrected chi connectivity index (χ3v) is 10.2. The molecule has 1 spiro atoms. The van der Waals surface area contributed by atoms with E-state index < -0.39 is 13.5 Å². The first-order valence-corrected chi connectivity index (χ1v) is 17.1. The lowest BCUT2D eigenvalue weighted by Gasteiger charge is -2.47. The number of halogens is 3. The number of hydrogen-bond donors (Lipinski definition) is 2. The Bertz CT molecular complexity index is 1420. The van der Waals surface area contributed by atoms with Gasteiger partial charge in [-0.1, -0.05) is 43.0 Å². The Morgan fingerprint density at radius 1 is 1.00 bits per heavy atom. The molecule has 0 amide bonds. The van der Waals surface area contributed by atoms with Gasteiger partial charge in [-0.25, -0.2) is 4.98 Å². The van der Waals surface area contributed by atoms with Crippen LogP contribution in [0.3, 0.4) is 0 Å². The topological polar surface area (TPSA) is 65.6 Å². The Morgan fingerprint density at radius 2 is 1.68 bits per heavy atom. The van der Waals surface area contributed by atoms with Crippen LogP contribution in [-0.4, -0.2) is 74.3 Å². The first kappa shape index (κ1) is 29.6. The zero-order valence-electron chi connectivity index (χ0n) is 23.8. The molecule has 5 rings (SSSR count). The standard InChI is InChI=1S/C30H38ClF2N6OP/c1-38-15-11-30(12-16-38)13-17-39(18-14-30)21-9-10-23(25(19-21)40-28(32)33)36-29-34-20-22(31)27(37-29)35-24-7-5-6-8-26(24)41(2,3)4/h5-10,19-20,28H,2,11-18H2,1,3-4H3,(H2,34,35,36,37). The van der Waals surface area contributed by atoms with Gasteiger partial charge in [-0.3, -0.25) is 0 Å². The molecule has 0 aliphatic carbocycles. The van der Waals surface area contributed by atoms with E-state index in [0.29, 0.717) is 21.9 Å². The highest BCUT2D eigenvalue weighted by Gasteiger charge is 2.37. The molecule has 2 aromatic carbocycles. The monoisotopic (exact) mass is 602 g/mol. The Labute approximate surface area is 246 Å². The minimum atomic E-state index is -2.97. The molecule has 3 heterocycles. The number of likely N-dealkylation sites (tertiary alicyclic amines) is 1. The molecule has 2 aliphatic heterocycles. The zero-order chi connectivity index (χ0) is 29.2. The SMILES string of the molecule is C=P(C)(C)c1ccccc1Nc1nc(Nc2ccc(N3CCC4(CCN(C)CC4)CC3)cc2OC(F)F)ncc1Cl. The van der Waals surface area contributed by atoms with Crippen LogP contribution in [0.5, 0.6) is 5.75 Å². The fourth-order valence-electron chi connectivity index (χ4n) is 5.71. The van der Waals surface area contributed by atoms with Gasteiger partial charge in [-0.15, -0.1) is 0 Å². The van der Waals surface area contributed by atoms with Crippen LogP contribution in [0.4, 0.5) is 37.6 Å². The van der Waals surface area contributed by atoms with Gasteiger partial charge in [0.1, 0.15) is 5.02 Å². The maximum Gasteiger partial charge on any atom is 0.387 e. The van der Waals surface area contributed by atoms with Crippen molar-refractivity contribution < 1.29 is 13.5 Å². The molecule has 2 N–H and O–H groups in total. The summed E-state index contributed by atoms with van der Waals surface area (Å²) < 4.78 is 31.8. The van der Waals surface area contributed by atoms with Crippen LogP contribution >= 0.6 is 18.5 Å². The van der Waals surface area contributed by atoms with E-state index in [-0.39, 0.29) is 11.7 Å². The number of ether oxygens (including phenoxy) is 1. The number of nitrogens with zero attached hydrogens (tertiary/aromatic N) is 4. The molecule has 2 aliphatic rings. The second kappa shape index (κ2) is 12.2. The van der Waals surface area contributed by atoms with E-state index in [4.69, 9.17) is 16.3 Å². The van der Waals surface area contributed by atoms with Crippen molar-refractivity contribution in [3.8, 4) is 5.75 Å². The van der Waals surface area contributed by atoms with Crippen molar-refractivity contribution in [3.05, 3.63) is 53.7 Å². The number of hydrogen-bond acceptors (Lipinski definition) is 7. The maximum absolute atomic E-state index is 13.4. The number of alkyl halides is 2. The van der Waals surface area contributed by atoms with E-state index in [1.807, 2.05) is 30.3 Å². The van der Waals surface area contributed by atoms with Crippen molar-refractivity contribution in [2.45, 2.75) is 32.3 Å². The molecule has 0 atom stereocenters. The number of anilines is 5. The lowest BCUT2D eigenvalue weighted by atomic mass is 9.71. The van der Waals surface area contributed by atoms with Crippen LogP contribution in [-0.2, 0) is 0 Å². The molecule has 41 heavy (non-hydrogen) atoms. The van der Waals surface area contributed by atoms with Crippen molar-refractivity contribution in [1.29, 1.82) is 0 Å². The molecule has 220 valence electrons. The number of piperidine rings is 2. The van der Waals surface area contributed by atoms with E-state index in [1.165, 1.54) is 19.0 Å². The largest absolute Gasteiger partial charge is 0.433 e. The predicted octanol–water partition coefficient (Wildman–Crippen LogP) is 6.87. The van der Waals surface area contributed by atoms with Gasteiger partial charge in [0, 0.05) is 30.5 Å². The van der Waals surface area contributed by atoms with Gasteiger partial charge < -0.3 is 25.2 Å². The minimum absolute atomic E-state index is 0.0408. The summed E-state index contributed by atoms with van der Waals surface area (Å²) in [6, 6.07) is 13.3. The lowest BCUT2D eigenvalue weighted by molar-refractivity contribution is -0.0493. The molecule has 11 heteroatoms. The van der Waals surface area contributed by atoms with E-state index in [1.54, 1.807) is 12.1 Å². The highest BCUT2D eigenvalue weighted by molar-refractivity contribution is 7.79. The Balaban J connectivity index is 1.34. The fourth-order valence-corrected chi connectivity index (χ4v) is 7.12. The van der Waals surface area contributed by atoms with Crippen molar-refractivity contribution in [2.24, 2.45) is 5.41 Å². The summed E-state index contributed by atoms with van der Waals surface area (Å²) in [5.74, 6) is 0.639. The maximum atomic E-state index is 13.4. The number of para-hydroxylation sites is 1. The predicted molar refractivity (Wildman–Crippen MR) is 169 cm³/mol. The molecule has 0 unspecified atom stereocenters. The normalized spacial score (nSPS) is 17.6. The van der Waals surface area contributed by atoms with Gasteiger partial charge in [0.05, 0.1) is 11.9 Å². The van der Waals surface area contributed by atoms with Crippen LogP contribution in [0.15, 0.2) is 48.7 Å². The first-order valence-electron chi connectivity index (χ1n) is 13.9. The molecular formula is C30H38ClF2N6OP. The highest BCUT2D eigenvalue weighted by Crippen LogP contribution is 2.43. The van der Waals surface area contributed by atoms with Crippen LogP contribution in [0.2, 0.25) is 5.02 Å². The van der Waals surface area contributed by atoms with Crippen molar-refractivity contribution in [3.63, 3.8) is 0 Å². The Hall–Kier alpha value is -2.87. The summed E-state index contributed by atoms with van der Waals surface area (Å²) in [5, 5.41) is 7.79. The molecule has 1 aromatic heterocycles. The summed E-state index contributed by atoms with van der Waals surface area (Å²) >= 11 is 6.43. The number of nitrogens with one attached hydrogen (secondary N) is 2. The van der Waals surface area contributed by atoms with E-state index in [0.717, 1.165) is 55.7 Å². The average Bonchev–Trinajstić information content (AvgIpc) is 2.93. The summed E-state index contributed by atoms with van der Waals surface area (Å²) in [7, 11) is 2.18. The molecule has 0 radical (unpaired) electrons. The molecule has 7 nitrogen and oxygen atoms in total. The van der Waals surface area contributed by atoms with E-state index in [2.05, 4.69) is 57.1 Å². The second-order valence-electron chi connectivity index (χ2n) is 11.7. The molecular weight excluding hydrogens is 565 g/mol. The lowest BCUT2D eigenvalue weighted by Crippen LogP contribution is -2.46. The minimum Gasteiger partial charge on any atom is -0.433 e. The first-order chi connectivity index (χ1) is 19.5. The molecule has 0 saturated carbocycles. The summed E-state index contributed by atoms with van der Waals surface area (Å²) in [5.41, 5.74) is 2.47. The number of aromatic nitrogens is 2. The van der Waals surface area contributed by atoms with Gasteiger partial charge >= 0.3 is 6.61 Å². The van der Waals surface area contributed by atoms with Crippen molar-refractivity contribution >= 4 is 58.9 Å². The highest BCUT2D eigenvalue weighted by atomic mass is 35.5. The van der Waals surface area contributed by atoms with Gasteiger partial charge in [0.15, 0.2) is 11.6 Å². The summed E-state index contributed by atoms with van der Waals surface area (Å²) in [6.07, 6.45) is 10.5. The van der Waals surface area contributed by atoms with E-state index in [9.17, 15) is 8.78 Å². The second-order valence-corrected chi connectivity index (χ2v) is 16.0. The average molecular weight is 603 g/mol. The summed E-state index contributed by atoms with van der Waals surface area (Å²) in [4.78, 5) is 13.5. The number of benzene rings is 2. The third-order valence-electron chi connectivity index (χ3n) is 8.22. The zero-order valence-corrected chi connectivity index (χ0v) is 25.5. The van der Waals surface area contributed by atoms with Gasteiger partial charge in [0.25, 0.3) is 0 Å². The van der Waals surface area contributed by atoms with Crippen molar-refractivity contribution in [1.82, 2.24) is 14.9 Å². The smallest absolute Gasteiger partial charge is 0.387 e. The van der Waals surface area contributed by atoms with Crippen LogP contribution < -0.4 is 25.6 Å². The van der Waals surface area contributed by atoms with Crippen molar-refractivity contribution in [2.75, 3.05) is 62.1 Å². The van der Waals surface area contributed by atoms with Gasteiger partial charge in [-0.2, -0.15) is 13.8 Å². The van der Waals surface area contributed by atoms with Gasteiger partial charge in [-0.05, 0) is 88.1 Å².